The van der Waals surface area contributed by atoms with Crippen LogP contribution in [-0.4, -0.2) is 42.8 Å². The van der Waals surface area contributed by atoms with E-state index < -0.39 is 5.54 Å². The zero-order chi connectivity index (χ0) is 13.9. The van der Waals surface area contributed by atoms with Gasteiger partial charge in [0.05, 0.1) is 22.2 Å². The van der Waals surface area contributed by atoms with Crippen LogP contribution in [0.15, 0.2) is 18.2 Å². The number of aliphatic hydroxyl groups is 1. The van der Waals surface area contributed by atoms with Gasteiger partial charge in [0, 0.05) is 19.6 Å². The van der Waals surface area contributed by atoms with Crippen LogP contribution in [-0.2, 0) is 5.54 Å². The van der Waals surface area contributed by atoms with Gasteiger partial charge in [-0.25, -0.2) is 0 Å². The maximum Gasteiger partial charge on any atom is 0.0681 e. The van der Waals surface area contributed by atoms with Gasteiger partial charge in [-0.3, -0.25) is 4.90 Å². The quantitative estimate of drug-likeness (QED) is 0.900. The zero-order valence-electron chi connectivity index (χ0n) is 11.1. The van der Waals surface area contributed by atoms with Gasteiger partial charge in [0.15, 0.2) is 0 Å². The molecule has 0 aliphatic carbocycles. The Balaban J connectivity index is 2.37. The Morgan fingerprint density at radius 2 is 2.11 bits per heavy atom. The topological polar surface area (TPSA) is 35.5 Å². The Bertz CT molecular complexity index is 433. The lowest BCUT2D eigenvalue weighted by atomic mass is 9.90. The summed E-state index contributed by atoms with van der Waals surface area (Å²) in [6.45, 7) is 5.81. The van der Waals surface area contributed by atoms with Crippen LogP contribution in [0.1, 0.15) is 18.9 Å². The highest BCUT2D eigenvalue weighted by Gasteiger charge is 2.35. The first-order chi connectivity index (χ1) is 9.09. The van der Waals surface area contributed by atoms with Crippen molar-refractivity contribution in [2.45, 2.75) is 18.9 Å². The predicted molar refractivity (Wildman–Crippen MR) is 80.0 cm³/mol. The average molecular weight is 303 g/mol. The molecule has 5 heteroatoms. The predicted octanol–water partition coefficient (Wildman–Crippen LogP) is 2.50. The number of hydrogen-bond acceptors (Lipinski definition) is 3. The van der Waals surface area contributed by atoms with E-state index in [-0.39, 0.29) is 6.61 Å². The molecule has 1 saturated heterocycles. The maximum atomic E-state index is 9.93. The number of hydrogen-bond donors (Lipinski definition) is 2. The summed E-state index contributed by atoms with van der Waals surface area (Å²) in [6.07, 6.45) is 1.06. The van der Waals surface area contributed by atoms with Crippen molar-refractivity contribution in [3.8, 4) is 0 Å². The van der Waals surface area contributed by atoms with E-state index in [1.165, 1.54) is 0 Å². The number of rotatable bonds is 3. The van der Waals surface area contributed by atoms with Crippen LogP contribution in [0.25, 0.3) is 0 Å². The number of halogens is 2. The molecular weight excluding hydrogens is 283 g/mol. The zero-order valence-corrected chi connectivity index (χ0v) is 12.6. The summed E-state index contributed by atoms with van der Waals surface area (Å²) < 4.78 is 0. The van der Waals surface area contributed by atoms with Gasteiger partial charge in [-0.05, 0) is 31.5 Å². The molecule has 0 saturated carbocycles. The van der Waals surface area contributed by atoms with Crippen LogP contribution in [0, 0.1) is 0 Å². The molecule has 1 aliphatic heterocycles. The molecule has 1 atom stereocenters. The van der Waals surface area contributed by atoms with Crippen LogP contribution in [0.4, 0.5) is 0 Å². The minimum atomic E-state index is -0.492. The molecule has 1 heterocycles. The molecule has 1 aromatic rings. The normalized spacial score (nSPS) is 20.8. The second-order valence-electron chi connectivity index (χ2n) is 5.12. The van der Waals surface area contributed by atoms with Gasteiger partial charge in [-0.15, -0.1) is 0 Å². The van der Waals surface area contributed by atoms with Crippen LogP contribution in [0.2, 0.25) is 10.0 Å². The number of benzene rings is 1. The molecule has 1 aliphatic rings. The van der Waals surface area contributed by atoms with E-state index >= 15 is 0 Å². The van der Waals surface area contributed by atoms with Crippen LogP contribution in [0.5, 0.6) is 0 Å². The van der Waals surface area contributed by atoms with E-state index in [2.05, 4.69) is 10.2 Å². The molecule has 0 radical (unpaired) electrons. The lowest BCUT2D eigenvalue weighted by Crippen LogP contribution is -2.48. The SMILES string of the molecule is CC(CO)(c1cccc(Cl)c1Cl)N1CCCNCC1. The fourth-order valence-corrected chi connectivity index (χ4v) is 3.12. The van der Waals surface area contributed by atoms with Crippen molar-refractivity contribution >= 4 is 23.2 Å². The fraction of sp³-hybridized carbons (Fsp3) is 0.571. The molecule has 106 valence electrons. The summed E-state index contributed by atoms with van der Waals surface area (Å²) in [7, 11) is 0. The van der Waals surface area contributed by atoms with Crippen LogP contribution >= 0.6 is 23.2 Å². The van der Waals surface area contributed by atoms with Crippen LogP contribution in [0.3, 0.4) is 0 Å². The number of nitrogens with zero attached hydrogens (tertiary/aromatic N) is 1. The molecule has 0 spiro atoms. The molecule has 3 nitrogen and oxygen atoms in total. The third kappa shape index (κ3) is 3.06. The van der Waals surface area contributed by atoms with E-state index in [0.717, 1.165) is 38.2 Å². The Morgan fingerprint density at radius 3 is 2.84 bits per heavy atom. The standard InChI is InChI=1S/C14H20Cl2N2O/c1-14(10-19,18-8-3-6-17-7-9-18)11-4-2-5-12(15)13(11)16/h2,4-5,17,19H,3,6-10H2,1H3. The lowest BCUT2D eigenvalue weighted by Gasteiger charge is -2.40. The monoisotopic (exact) mass is 302 g/mol. The smallest absolute Gasteiger partial charge is 0.0681 e. The van der Waals surface area contributed by atoms with E-state index in [1.54, 1.807) is 6.07 Å². The van der Waals surface area contributed by atoms with Gasteiger partial charge in [-0.2, -0.15) is 0 Å². The van der Waals surface area contributed by atoms with Gasteiger partial charge in [0.1, 0.15) is 0 Å². The van der Waals surface area contributed by atoms with E-state index in [0.29, 0.717) is 10.0 Å². The van der Waals surface area contributed by atoms with Gasteiger partial charge < -0.3 is 10.4 Å². The second-order valence-corrected chi connectivity index (χ2v) is 5.91. The third-order valence-corrected chi connectivity index (χ3v) is 4.70. The summed E-state index contributed by atoms with van der Waals surface area (Å²) in [5.74, 6) is 0. The first kappa shape index (κ1) is 15.1. The van der Waals surface area contributed by atoms with Crippen molar-refractivity contribution in [2.75, 3.05) is 32.8 Å². The highest BCUT2D eigenvalue weighted by atomic mass is 35.5. The molecule has 19 heavy (non-hydrogen) atoms. The molecule has 0 bridgehead atoms. The summed E-state index contributed by atoms with van der Waals surface area (Å²) in [4.78, 5) is 2.28. The minimum absolute atomic E-state index is 0.0209. The molecule has 0 aromatic heterocycles. The van der Waals surface area contributed by atoms with E-state index in [9.17, 15) is 5.11 Å². The van der Waals surface area contributed by atoms with Gasteiger partial charge >= 0.3 is 0 Å². The Morgan fingerprint density at radius 1 is 1.32 bits per heavy atom. The molecule has 1 fully saturated rings. The molecule has 2 rings (SSSR count). The lowest BCUT2D eigenvalue weighted by molar-refractivity contribution is 0.0454. The van der Waals surface area contributed by atoms with Crippen molar-refractivity contribution in [1.29, 1.82) is 0 Å². The summed E-state index contributed by atoms with van der Waals surface area (Å²) >= 11 is 12.4. The summed E-state index contributed by atoms with van der Waals surface area (Å²) in [6, 6.07) is 5.60. The second kappa shape index (κ2) is 6.42. The molecule has 0 amide bonds. The van der Waals surface area contributed by atoms with E-state index in [4.69, 9.17) is 23.2 Å². The molecule has 2 N–H and O–H groups in total. The Hall–Kier alpha value is -0.320. The largest absolute Gasteiger partial charge is 0.394 e. The van der Waals surface area contributed by atoms with Gasteiger partial charge in [0.25, 0.3) is 0 Å². The van der Waals surface area contributed by atoms with Crippen LogP contribution < -0.4 is 5.32 Å². The number of nitrogens with one attached hydrogen (secondary N) is 1. The highest BCUT2D eigenvalue weighted by molar-refractivity contribution is 6.42. The van der Waals surface area contributed by atoms with Crippen molar-refractivity contribution in [1.82, 2.24) is 10.2 Å². The summed E-state index contributed by atoms with van der Waals surface area (Å²) in [5, 5.41) is 14.4. The average Bonchev–Trinajstić information content (AvgIpc) is 2.70. The van der Waals surface area contributed by atoms with Gasteiger partial charge in [-0.1, -0.05) is 35.3 Å². The Labute approximate surface area is 124 Å². The third-order valence-electron chi connectivity index (χ3n) is 3.88. The van der Waals surface area contributed by atoms with Crippen molar-refractivity contribution < 1.29 is 5.11 Å². The molecule has 1 unspecified atom stereocenters. The van der Waals surface area contributed by atoms with Crippen molar-refractivity contribution in [2.24, 2.45) is 0 Å². The molecule has 1 aromatic carbocycles. The molecular formula is C14H20Cl2N2O. The first-order valence-electron chi connectivity index (χ1n) is 6.60. The fourth-order valence-electron chi connectivity index (χ4n) is 2.61. The van der Waals surface area contributed by atoms with Crippen molar-refractivity contribution in [3.05, 3.63) is 33.8 Å². The summed E-state index contributed by atoms with van der Waals surface area (Å²) in [5.41, 5.74) is 0.402. The first-order valence-corrected chi connectivity index (χ1v) is 7.36. The minimum Gasteiger partial charge on any atom is -0.394 e. The van der Waals surface area contributed by atoms with E-state index in [1.807, 2.05) is 19.1 Å². The van der Waals surface area contributed by atoms with Gasteiger partial charge in [0.2, 0.25) is 0 Å². The Kier molecular flexibility index (Phi) is 5.09. The highest BCUT2D eigenvalue weighted by Crippen LogP contribution is 2.36. The van der Waals surface area contributed by atoms with Crippen molar-refractivity contribution in [3.63, 3.8) is 0 Å². The number of aliphatic hydroxyl groups excluding tert-OH is 1. The maximum absolute atomic E-state index is 9.93.